The summed E-state index contributed by atoms with van der Waals surface area (Å²) in [6.45, 7) is 3.97. The molecule has 0 spiro atoms. The van der Waals surface area contributed by atoms with Crippen LogP contribution >= 0.6 is 0 Å². The summed E-state index contributed by atoms with van der Waals surface area (Å²) < 4.78 is 0. The van der Waals surface area contributed by atoms with E-state index in [1.165, 1.54) is 51.7 Å². The zero-order chi connectivity index (χ0) is 9.10. The summed E-state index contributed by atoms with van der Waals surface area (Å²) in [5.41, 5.74) is 0. The summed E-state index contributed by atoms with van der Waals surface area (Å²) in [7, 11) is 2.12. The van der Waals surface area contributed by atoms with E-state index in [0.717, 1.165) is 12.0 Å². The molecule has 0 radical (unpaired) electrons. The average molecular weight is 182 g/mol. The van der Waals surface area contributed by atoms with Crippen LogP contribution in [0.4, 0.5) is 0 Å². The van der Waals surface area contributed by atoms with Gasteiger partial charge in [0, 0.05) is 12.6 Å². The molecule has 1 aliphatic heterocycles. The standard InChI is InChI=1S/C11H22N2/c1-12-11(10-5-6-10)9-13-7-3-2-4-8-13/h10-12H,2-9H2,1H3/t11-/m0/s1. The van der Waals surface area contributed by atoms with Crippen LogP contribution in [0.3, 0.4) is 0 Å². The van der Waals surface area contributed by atoms with Crippen LogP contribution in [-0.4, -0.2) is 37.6 Å². The number of nitrogens with one attached hydrogen (secondary N) is 1. The highest BCUT2D eigenvalue weighted by Crippen LogP contribution is 2.33. The largest absolute Gasteiger partial charge is 0.315 e. The van der Waals surface area contributed by atoms with Gasteiger partial charge in [-0.1, -0.05) is 6.42 Å². The minimum Gasteiger partial charge on any atom is -0.315 e. The Morgan fingerprint density at radius 1 is 1.23 bits per heavy atom. The quantitative estimate of drug-likeness (QED) is 0.708. The molecule has 0 amide bonds. The van der Waals surface area contributed by atoms with Crippen LogP contribution < -0.4 is 5.32 Å². The zero-order valence-electron chi connectivity index (χ0n) is 8.76. The fourth-order valence-electron chi connectivity index (χ4n) is 2.39. The predicted molar refractivity (Wildman–Crippen MR) is 55.9 cm³/mol. The lowest BCUT2D eigenvalue weighted by molar-refractivity contribution is 0.200. The van der Waals surface area contributed by atoms with Gasteiger partial charge in [0.05, 0.1) is 0 Å². The molecule has 1 atom stereocenters. The van der Waals surface area contributed by atoms with Crippen molar-refractivity contribution >= 4 is 0 Å². The maximum Gasteiger partial charge on any atom is 0.0220 e. The Kier molecular flexibility index (Phi) is 3.23. The number of hydrogen-bond acceptors (Lipinski definition) is 2. The predicted octanol–water partition coefficient (Wildman–Crippen LogP) is 1.47. The number of rotatable bonds is 4. The van der Waals surface area contributed by atoms with Crippen LogP contribution in [-0.2, 0) is 0 Å². The van der Waals surface area contributed by atoms with Crippen molar-refractivity contribution in [1.82, 2.24) is 10.2 Å². The maximum atomic E-state index is 3.47. The molecule has 2 aliphatic rings. The normalized spacial score (nSPS) is 27.5. The summed E-state index contributed by atoms with van der Waals surface area (Å²) >= 11 is 0. The third-order valence-corrected chi connectivity index (χ3v) is 3.47. The summed E-state index contributed by atoms with van der Waals surface area (Å²) in [6, 6.07) is 0.776. The minimum absolute atomic E-state index is 0.776. The van der Waals surface area contributed by atoms with Crippen LogP contribution in [0.25, 0.3) is 0 Å². The molecular weight excluding hydrogens is 160 g/mol. The van der Waals surface area contributed by atoms with E-state index in [1.54, 1.807) is 0 Å². The number of hydrogen-bond donors (Lipinski definition) is 1. The van der Waals surface area contributed by atoms with Gasteiger partial charge in [0.2, 0.25) is 0 Å². The van der Waals surface area contributed by atoms with Crippen LogP contribution in [0.1, 0.15) is 32.1 Å². The lowest BCUT2D eigenvalue weighted by Crippen LogP contribution is -2.42. The van der Waals surface area contributed by atoms with Gasteiger partial charge in [-0.25, -0.2) is 0 Å². The van der Waals surface area contributed by atoms with Gasteiger partial charge in [-0.15, -0.1) is 0 Å². The monoisotopic (exact) mass is 182 g/mol. The molecule has 0 aromatic carbocycles. The fraction of sp³-hybridized carbons (Fsp3) is 1.00. The summed E-state index contributed by atoms with van der Waals surface area (Å²) in [6.07, 6.45) is 7.20. The molecule has 1 saturated carbocycles. The van der Waals surface area contributed by atoms with E-state index in [-0.39, 0.29) is 0 Å². The summed E-state index contributed by atoms with van der Waals surface area (Å²) in [4.78, 5) is 2.64. The number of piperidine rings is 1. The molecule has 0 bridgehead atoms. The molecule has 0 aromatic rings. The summed E-state index contributed by atoms with van der Waals surface area (Å²) in [5.74, 6) is 0.993. The second-order valence-corrected chi connectivity index (χ2v) is 4.59. The van der Waals surface area contributed by atoms with Crippen molar-refractivity contribution in [1.29, 1.82) is 0 Å². The first-order valence-electron chi connectivity index (χ1n) is 5.80. The van der Waals surface area contributed by atoms with Crippen molar-refractivity contribution < 1.29 is 0 Å². The van der Waals surface area contributed by atoms with Crippen LogP contribution in [0.5, 0.6) is 0 Å². The van der Waals surface area contributed by atoms with Gasteiger partial charge in [0.15, 0.2) is 0 Å². The number of nitrogens with zero attached hydrogens (tertiary/aromatic N) is 1. The van der Waals surface area contributed by atoms with E-state index >= 15 is 0 Å². The first kappa shape index (κ1) is 9.47. The molecule has 1 saturated heterocycles. The van der Waals surface area contributed by atoms with Gasteiger partial charge >= 0.3 is 0 Å². The van der Waals surface area contributed by atoms with Gasteiger partial charge in [-0.3, -0.25) is 0 Å². The first-order chi connectivity index (χ1) is 6.40. The van der Waals surface area contributed by atoms with Crippen molar-refractivity contribution in [2.45, 2.75) is 38.1 Å². The van der Waals surface area contributed by atoms with Crippen molar-refractivity contribution in [3.63, 3.8) is 0 Å². The third-order valence-electron chi connectivity index (χ3n) is 3.47. The van der Waals surface area contributed by atoms with E-state index in [4.69, 9.17) is 0 Å². The Bertz CT molecular complexity index is 148. The van der Waals surface area contributed by atoms with Crippen LogP contribution in [0.15, 0.2) is 0 Å². The van der Waals surface area contributed by atoms with Gasteiger partial charge in [-0.2, -0.15) is 0 Å². The van der Waals surface area contributed by atoms with E-state index in [0.29, 0.717) is 0 Å². The topological polar surface area (TPSA) is 15.3 Å². The molecule has 13 heavy (non-hydrogen) atoms. The second-order valence-electron chi connectivity index (χ2n) is 4.59. The van der Waals surface area contributed by atoms with Gasteiger partial charge in [-0.05, 0) is 51.7 Å². The molecular formula is C11H22N2. The van der Waals surface area contributed by atoms with Crippen molar-refractivity contribution in [3.05, 3.63) is 0 Å². The third kappa shape index (κ3) is 2.68. The highest BCUT2D eigenvalue weighted by atomic mass is 15.2. The van der Waals surface area contributed by atoms with Crippen molar-refractivity contribution in [2.75, 3.05) is 26.7 Å². The Morgan fingerprint density at radius 3 is 2.46 bits per heavy atom. The average Bonchev–Trinajstić information content (AvgIpc) is 2.99. The smallest absolute Gasteiger partial charge is 0.0220 e. The molecule has 0 aromatic heterocycles. The molecule has 2 rings (SSSR count). The maximum absolute atomic E-state index is 3.47. The van der Waals surface area contributed by atoms with E-state index in [1.807, 2.05) is 0 Å². The Balaban J connectivity index is 1.73. The Morgan fingerprint density at radius 2 is 1.92 bits per heavy atom. The minimum atomic E-state index is 0.776. The van der Waals surface area contributed by atoms with Gasteiger partial charge in [0.1, 0.15) is 0 Å². The zero-order valence-corrected chi connectivity index (χ0v) is 8.76. The molecule has 2 nitrogen and oxygen atoms in total. The first-order valence-corrected chi connectivity index (χ1v) is 5.80. The van der Waals surface area contributed by atoms with Crippen LogP contribution in [0.2, 0.25) is 0 Å². The molecule has 2 fully saturated rings. The Hall–Kier alpha value is -0.0800. The lowest BCUT2D eigenvalue weighted by Gasteiger charge is -2.30. The van der Waals surface area contributed by atoms with E-state index in [2.05, 4.69) is 17.3 Å². The van der Waals surface area contributed by atoms with Crippen molar-refractivity contribution in [2.24, 2.45) is 5.92 Å². The lowest BCUT2D eigenvalue weighted by atomic mass is 10.1. The molecule has 76 valence electrons. The molecule has 1 N–H and O–H groups in total. The molecule has 1 aliphatic carbocycles. The fourth-order valence-corrected chi connectivity index (χ4v) is 2.39. The number of likely N-dealkylation sites (N-methyl/N-ethyl adjacent to an activating group) is 1. The molecule has 2 heteroatoms. The van der Waals surface area contributed by atoms with Crippen LogP contribution in [0, 0.1) is 5.92 Å². The van der Waals surface area contributed by atoms with Crippen molar-refractivity contribution in [3.8, 4) is 0 Å². The van der Waals surface area contributed by atoms with E-state index < -0.39 is 0 Å². The molecule has 1 heterocycles. The van der Waals surface area contributed by atoms with Gasteiger partial charge in [0.25, 0.3) is 0 Å². The van der Waals surface area contributed by atoms with E-state index in [9.17, 15) is 0 Å². The summed E-state index contributed by atoms with van der Waals surface area (Å²) in [5, 5.41) is 3.47. The number of likely N-dealkylation sites (tertiary alicyclic amines) is 1. The highest BCUT2D eigenvalue weighted by Gasteiger charge is 2.31. The Labute approximate surface area is 81.7 Å². The highest BCUT2D eigenvalue weighted by molar-refractivity contribution is 4.88. The SMILES string of the molecule is CN[C@@H](CN1CCCCC1)C1CC1. The molecule has 0 unspecified atom stereocenters. The van der Waals surface area contributed by atoms with Gasteiger partial charge < -0.3 is 10.2 Å². The second kappa shape index (κ2) is 4.43.